The molecule has 0 spiro atoms. The van der Waals surface area contributed by atoms with Crippen LogP contribution in [0.1, 0.15) is 59.3 Å². The number of likely N-dealkylation sites (tertiary alicyclic amines) is 1. The van der Waals surface area contributed by atoms with Gasteiger partial charge in [-0.2, -0.15) is 0 Å². The van der Waals surface area contributed by atoms with Crippen LogP contribution in [0, 0.1) is 0 Å². The number of piperidine rings is 1. The van der Waals surface area contributed by atoms with Crippen molar-refractivity contribution < 1.29 is 0 Å². The molecule has 2 aromatic heterocycles. The lowest BCUT2D eigenvalue weighted by atomic mass is 9.94. The summed E-state index contributed by atoms with van der Waals surface area (Å²) in [4.78, 5) is 12.1. The third kappa shape index (κ3) is 2.76. The first kappa shape index (κ1) is 15.5. The van der Waals surface area contributed by atoms with Gasteiger partial charge in [0.05, 0.1) is 0 Å². The average Bonchev–Trinajstić information content (AvgIpc) is 2.87. The molecule has 1 fully saturated rings. The van der Waals surface area contributed by atoms with Gasteiger partial charge in [-0.3, -0.25) is 0 Å². The zero-order valence-electron chi connectivity index (χ0n) is 14.5. The minimum atomic E-state index is 0.0376. The maximum Gasteiger partial charge on any atom is 0.160 e. The SMILES string of the molecule is CC(C)N1CCC(n2c(C(C)(C)C)nc3cccnc32)CC1. The fourth-order valence-corrected chi connectivity index (χ4v) is 3.46. The lowest BCUT2D eigenvalue weighted by Crippen LogP contribution is -2.39. The molecular formula is C18H28N4. The molecule has 0 saturated carbocycles. The molecule has 3 heterocycles. The van der Waals surface area contributed by atoms with Gasteiger partial charge in [-0.1, -0.05) is 20.8 Å². The van der Waals surface area contributed by atoms with Crippen LogP contribution in [0.25, 0.3) is 11.2 Å². The van der Waals surface area contributed by atoms with Crippen molar-refractivity contribution in [3.63, 3.8) is 0 Å². The molecule has 2 aromatic rings. The second-order valence-corrected chi connectivity index (χ2v) is 7.76. The number of hydrogen-bond donors (Lipinski definition) is 0. The van der Waals surface area contributed by atoms with E-state index in [2.05, 4.69) is 55.1 Å². The lowest BCUT2D eigenvalue weighted by molar-refractivity contribution is 0.150. The molecule has 0 unspecified atom stereocenters. The van der Waals surface area contributed by atoms with E-state index in [1.807, 2.05) is 12.3 Å². The fourth-order valence-electron chi connectivity index (χ4n) is 3.46. The van der Waals surface area contributed by atoms with E-state index in [-0.39, 0.29) is 5.41 Å². The van der Waals surface area contributed by atoms with Gasteiger partial charge in [-0.15, -0.1) is 0 Å². The molecule has 3 rings (SSSR count). The Balaban J connectivity index is 1.99. The number of fused-ring (bicyclic) bond motifs is 1. The first-order chi connectivity index (χ1) is 10.4. The van der Waals surface area contributed by atoms with Gasteiger partial charge in [0.2, 0.25) is 0 Å². The Morgan fingerprint density at radius 1 is 1.18 bits per heavy atom. The predicted octanol–water partition coefficient (Wildman–Crippen LogP) is 3.77. The summed E-state index contributed by atoms with van der Waals surface area (Å²) in [6.07, 6.45) is 4.25. The van der Waals surface area contributed by atoms with Crippen LogP contribution in [0.3, 0.4) is 0 Å². The highest BCUT2D eigenvalue weighted by atomic mass is 15.2. The number of imidazole rings is 1. The summed E-state index contributed by atoms with van der Waals surface area (Å²) in [5, 5.41) is 0. The van der Waals surface area contributed by atoms with Crippen molar-refractivity contribution >= 4 is 11.2 Å². The zero-order valence-corrected chi connectivity index (χ0v) is 14.5. The molecule has 22 heavy (non-hydrogen) atoms. The molecule has 0 aliphatic carbocycles. The molecule has 4 heteroatoms. The highest BCUT2D eigenvalue weighted by Gasteiger charge is 2.30. The number of rotatable bonds is 2. The fraction of sp³-hybridized carbons (Fsp3) is 0.667. The molecule has 0 bridgehead atoms. The standard InChI is InChI=1S/C18H28N4/c1-13(2)21-11-8-14(9-12-21)22-16-15(7-6-10-19-16)20-17(22)18(3,4)5/h6-7,10,13-14H,8-9,11-12H2,1-5H3. The van der Waals surface area contributed by atoms with E-state index >= 15 is 0 Å². The highest BCUT2D eigenvalue weighted by molar-refractivity contribution is 5.71. The third-order valence-electron chi connectivity index (χ3n) is 4.71. The molecule has 0 aromatic carbocycles. The van der Waals surface area contributed by atoms with Crippen molar-refractivity contribution in [1.29, 1.82) is 0 Å². The predicted molar refractivity (Wildman–Crippen MR) is 91.2 cm³/mol. The summed E-state index contributed by atoms with van der Waals surface area (Å²) in [5.74, 6) is 1.17. The Labute approximate surface area is 133 Å². The van der Waals surface area contributed by atoms with Gasteiger partial charge in [0, 0.05) is 36.8 Å². The van der Waals surface area contributed by atoms with Crippen LogP contribution < -0.4 is 0 Å². The second kappa shape index (κ2) is 5.65. The van der Waals surface area contributed by atoms with Crippen LogP contribution in [0.4, 0.5) is 0 Å². The van der Waals surface area contributed by atoms with Crippen molar-refractivity contribution in [1.82, 2.24) is 19.4 Å². The van der Waals surface area contributed by atoms with Crippen LogP contribution in [0.15, 0.2) is 18.3 Å². The van der Waals surface area contributed by atoms with E-state index in [1.165, 1.54) is 31.8 Å². The van der Waals surface area contributed by atoms with Crippen molar-refractivity contribution in [3.05, 3.63) is 24.2 Å². The molecule has 4 nitrogen and oxygen atoms in total. The van der Waals surface area contributed by atoms with Crippen molar-refractivity contribution in [2.45, 2.75) is 65.0 Å². The molecule has 1 aliphatic rings. The molecule has 1 saturated heterocycles. The van der Waals surface area contributed by atoms with Gasteiger partial charge in [0.25, 0.3) is 0 Å². The second-order valence-electron chi connectivity index (χ2n) is 7.76. The Bertz CT molecular complexity index is 643. The summed E-state index contributed by atoms with van der Waals surface area (Å²) in [5.41, 5.74) is 2.12. The third-order valence-corrected chi connectivity index (χ3v) is 4.71. The maximum atomic E-state index is 4.90. The van der Waals surface area contributed by atoms with Crippen molar-refractivity contribution in [3.8, 4) is 0 Å². The minimum absolute atomic E-state index is 0.0376. The van der Waals surface area contributed by atoms with Gasteiger partial charge >= 0.3 is 0 Å². The van der Waals surface area contributed by atoms with Crippen molar-refractivity contribution in [2.24, 2.45) is 0 Å². The average molecular weight is 300 g/mol. The Kier molecular flexibility index (Phi) is 3.98. The lowest BCUT2D eigenvalue weighted by Gasteiger charge is -2.36. The van der Waals surface area contributed by atoms with Crippen LogP contribution >= 0.6 is 0 Å². The van der Waals surface area contributed by atoms with E-state index in [0.717, 1.165) is 11.2 Å². The van der Waals surface area contributed by atoms with Gasteiger partial charge in [0.1, 0.15) is 11.3 Å². The van der Waals surface area contributed by atoms with E-state index in [9.17, 15) is 0 Å². The van der Waals surface area contributed by atoms with Gasteiger partial charge < -0.3 is 9.47 Å². The largest absolute Gasteiger partial charge is 0.309 e. The normalized spacial score (nSPS) is 18.5. The molecular weight excluding hydrogens is 272 g/mol. The Morgan fingerprint density at radius 2 is 1.86 bits per heavy atom. The monoisotopic (exact) mass is 300 g/mol. The first-order valence-corrected chi connectivity index (χ1v) is 8.45. The zero-order chi connectivity index (χ0) is 15.9. The van der Waals surface area contributed by atoms with Gasteiger partial charge in [-0.05, 0) is 38.8 Å². The van der Waals surface area contributed by atoms with Gasteiger partial charge in [0.15, 0.2) is 5.65 Å². The Hall–Kier alpha value is -1.42. The summed E-state index contributed by atoms with van der Waals surface area (Å²) in [7, 11) is 0. The molecule has 0 N–H and O–H groups in total. The topological polar surface area (TPSA) is 34.0 Å². The molecule has 120 valence electrons. The molecule has 0 radical (unpaired) electrons. The van der Waals surface area contributed by atoms with E-state index in [1.54, 1.807) is 0 Å². The van der Waals surface area contributed by atoms with Crippen LogP contribution in [-0.2, 0) is 5.41 Å². The van der Waals surface area contributed by atoms with Crippen LogP contribution in [-0.4, -0.2) is 38.6 Å². The van der Waals surface area contributed by atoms with E-state index in [4.69, 9.17) is 4.98 Å². The number of pyridine rings is 1. The number of aromatic nitrogens is 3. The van der Waals surface area contributed by atoms with Crippen molar-refractivity contribution in [2.75, 3.05) is 13.1 Å². The summed E-state index contributed by atoms with van der Waals surface area (Å²) in [6, 6.07) is 5.22. The smallest absolute Gasteiger partial charge is 0.160 e. The summed E-state index contributed by atoms with van der Waals surface area (Å²) in [6.45, 7) is 13.6. The summed E-state index contributed by atoms with van der Waals surface area (Å²) < 4.78 is 2.42. The minimum Gasteiger partial charge on any atom is -0.309 e. The number of nitrogens with zero attached hydrogens (tertiary/aromatic N) is 4. The van der Waals surface area contributed by atoms with Crippen LogP contribution in [0.2, 0.25) is 0 Å². The van der Waals surface area contributed by atoms with E-state index < -0.39 is 0 Å². The number of hydrogen-bond acceptors (Lipinski definition) is 3. The molecule has 0 atom stereocenters. The first-order valence-electron chi connectivity index (χ1n) is 8.45. The van der Waals surface area contributed by atoms with Crippen LogP contribution in [0.5, 0.6) is 0 Å². The molecule has 0 amide bonds. The summed E-state index contributed by atoms with van der Waals surface area (Å²) >= 11 is 0. The Morgan fingerprint density at radius 3 is 2.45 bits per heavy atom. The van der Waals surface area contributed by atoms with E-state index in [0.29, 0.717) is 12.1 Å². The molecule has 1 aliphatic heterocycles. The highest BCUT2D eigenvalue weighted by Crippen LogP contribution is 2.33. The maximum absolute atomic E-state index is 4.90. The van der Waals surface area contributed by atoms with Gasteiger partial charge in [-0.25, -0.2) is 9.97 Å². The quantitative estimate of drug-likeness (QED) is 0.846.